The van der Waals surface area contributed by atoms with Crippen LogP contribution >= 0.6 is 0 Å². The molecule has 0 fully saturated rings. The van der Waals surface area contributed by atoms with Crippen molar-refractivity contribution in [1.82, 2.24) is 15.8 Å². The van der Waals surface area contributed by atoms with Crippen LogP contribution in [-0.2, 0) is 11.0 Å². The number of carbonyl (C=O) groups excluding carboxylic acids is 1. The molecule has 0 aliphatic carbocycles. The van der Waals surface area contributed by atoms with E-state index in [-0.39, 0.29) is 36.4 Å². The molecule has 9 heteroatoms. The van der Waals surface area contributed by atoms with Gasteiger partial charge in [0.05, 0.1) is 5.56 Å². The quantitative estimate of drug-likeness (QED) is 0.426. The van der Waals surface area contributed by atoms with Crippen LogP contribution in [0.1, 0.15) is 29.3 Å². The molecule has 2 rings (SSSR count). The first kappa shape index (κ1) is 23.7. The summed E-state index contributed by atoms with van der Waals surface area (Å²) in [6, 6.07) is 12.6. The number of hydrogen-bond donors (Lipinski definition) is 3. The van der Waals surface area contributed by atoms with Gasteiger partial charge in [-0.1, -0.05) is 36.4 Å². The summed E-state index contributed by atoms with van der Waals surface area (Å²) in [4.78, 5) is 14.1. The lowest BCUT2D eigenvalue weighted by Gasteiger charge is -2.26. The zero-order chi connectivity index (χ0) is 22.3. The predicted octanol–water partition coefficient (Wildman–Crippen LogP) is 2.99. The summed E-state index contributed by atoms with van der Waals surface area (Å²) < 4.78 is 44.4. The van der Waals surface area contributed by atoms with E-state index in [9.17, 15) is 18.0 Å². The van der Waals surface area contributed by atoms with Crippen LogP contribution in [0.5, 0.6) is 5.75 Å². The first-order valence-corrected chi connectivity index (χ1v) is 9.40. The molecule has 0 saturated carbocycles. The molecule has 2 atom stereocenters. The third kappa shape index (κ3) is 6.72. The molecule has 0 heterocycles. The maximum absolute atomic E-state index is 13.0. The van der Waals surface area contributed by atoms with Gasteiger partial charge in [0.25, 0.3) is 0 Å². The summed E-state index contributed by atoms with van der Waals surface area (Å²) in [6.07, 6.45) is -4.76. The minimum atomic E-state index is -4.46. The molecule has 4 N–H and O–H groups in total. The Hall–Kier alpha value is -2.62. The van der Waals surface area contributed by atoms with E-state index in [4.69, 9.17) is 10.5 Å². The van der Waals surface area contributed by atoms with Crippen LogP contribution in [0.2, 0.25) is 0 Å². The van der Waals surface area contributed by atoms with Gasteiger partial charge < -0.3 is 10.5 Å². The van der Waals surface area contributed by atoms with Crippen molar-refractivity contribution in [2.45, 2.75) is 31.7 Å². The number of hydrogen-bond acceptors (Lipinski definition) is 5. The van der Waals surface area contributed by atoms with E-state index in [0.717, 1.165) is 11.6 Å². The first-order chi connectivity index (χ1) is 14.1. The Balaban J connectivity index is 1.86. The Bertz CT molecular complexity index is 829. The highest BCUT2D eigenvalue weighted by molar-refractivity contribution is 5.76. The summed E-state index contributed by atoms with van der Waals surface area (Å²) in [5.74, 6) is -0.259. The second-order valence-electron chi connectivity index (χ2n) is 7.17. The maximum Gasteiger partial charge on any atom is 0.416 e. The van der Waals surface area contributed by atoms with Crippen LogP contribution in [-0.4, -0.2) is 37.6 Å². The molecule has 0 aromatic heterocycles. The van der Waals surface area contributed by atoms with E-state index < -0.39 is 17.8 Å². The van der Waals surface area contributed by atoms with E-state index in [1.807, 2.05) is 49.3 Å². The fraction of sp³-hybridized carbons (Fsp3) is 0.381. The van der Waals surface area contributed by atoms with Gasteiger partial charge in [0.15, 0.2) is 0 Å². The fourth-order valence-corrected chi connectivity index (χ4v) is 2.92. The van der Waals surface area contributed by atoms with Crippen molar-refractivity contribution in [1.29, 1.82) is 0 Å². The predicted molar refractivity (Wildman–Crippen MR) is 108 cm³/mol. The average Bonchev–Trinajstić information content (AvgIpc) is 2.67. The molecule has 2 unspecified atom stereocenters. The Kier molecular flexibility index (Phi) is 8.22. The van der Waals surface area contributed by atoms with Crippen molar-refractivity contribution in [2.24, 2.45) is 5.73 Å². The molecule has 6 nitrogen and oxygen atoms in total. The Morgan fingerprint density at radius 2 is 1.80 bits per heavy atom. The minimum absolute atomic E-state index is 0.0139. The van der Waals surface area contributed by atoms with Crippen molar-refractivity contribution < 1.29 is 22.7 Å². The lowest BCUT2D eigenvalue weighted by molar-refractivity contribution is -0.138. The van der Waals surface area contributed by atoms with E-state index in [0.29, 0.717) is 0 Å². The van der Waals surface area contributed by atoms with Crippen LogP contribution in [0.3, 0.4) is 0 Å². The van der Waals surface area contributed by atoms with Gasteiger partial charge in [-0.05, 0) is 38.7 Å². The number of carbonyl (C=O) groups is 1. The van der Waals surface area contributed by atoms with Gasteiger partial charge in [-0.25, -0.2) is 5.43 Å². The van der Waals surface area contributed by atoms with Crippen LogP contribution < -0.4 is 21.3 Å². The zero-order valence-corrected chi connectivity index (χ0v) is 17.2. The second kappa shape index (κ2) is 10.4. The summed E-state index contributed by atoms with van der Waals surface area (Å²) in [5.41, 5.74) is 11.7. The smallest absolute Gasteiger partial charge is 0.416 e. The molecule has 30 heavy (non-hydrogen) atoms. The maximum atomic E-state index is 13.0. The lowest BCUT2D eigenvalue weighted by Crippen LogP contribution is -2.47. The summed E-state index contributed by atoms with van der Waals surface area (Å²) in [5, 5.41) is 0. The Morgan fingerprint density at radius 1 is 1.13 bits per heavy atom. The highest BCUT2D eigenvalue weighted by Crippen LogP contribution is 2.35. The van der Waals surface area contributed by atoms with Gasteiger partial charge in [0, 0.05) is 18.0 Å². The van der Waals surface area contributed by atoms with Gasteiger partial charge in [-0.2, -0.15) is 13.2 Å². The number of halogens is 3. The van der Waals surface area contributed by atoms with E-state index in [1.54, 1.807) is 0 Å². The van der Waals surface area contributed by atoms with Gasteiger partial charge >= 0.3 is 6.18 Å². The number of nitrogens with one attached hydrogen (secondary N) is 2. The van der Waals surface area contributed by atoms with Gasteiger partial charge in [-0.15, -0.1) is 0 Å². The van der Waals surface area contributed by atoms with Crippen molar-refractivity contribution in [3.63, 3.8) is 0 Å². The molecule has 2 aromatic rings. The third-order valence-corrected chi connectivity index (χ3v) is 4.47. The molecular formula is C21H27F3N4O2. The number of nitrogens with two attached hydrogens (primary N) is 1. The van der Waals surface area contributed by atoms with Crippen LogP contribution in [0.25, 0.3) is 0 Å². The minimum Gasteiger partial charge on any atom is -0.492 e. The standard InChI is InChI=1S/C21H27F3N4O2/c1-14-17(21(22,23)24)10-7-11-18(14)30-13-16(25)12-19(29)26-27-20(28(2)3)15-8-5-4-6-9-15/h4-11,16,20,27H,12-13,25H2,1-3H3,(H,26,29). The van der Waals surface area contributed by atoms with Crippen molar-refractivity contribution >= 4 is 5.91 Å². The van der Waals surface area contributed by atoms with Crippen molar-refractivity contribution in [2.75, 3.05) is 20.7 Å². The molecule has 0 radical (unpaired) electrons. The summed E-state index contributed by atoms with van der Waals surface area (Å²) in [6.45, 7) is 1.25. The SMILES string of the molecule is Cc1c(OCC(N)CC(=O)NNC(c2ccccc2)N(C)C)cccc1C(F)(F)F. The van der Waals surface area contributed by atoms with E-state index in [2.05, 4.69) is 10.9 Å². The summed E-state index contributed by atoms with van der Waals surface area (Å²) >= 11 is 0. The largest absolute Gasteiger partial charge is 0.492 e. The number of nitrogens with zero attached hydrogens (tertiary/aromatic N) is 1. The number of hydrazine groups is 1. The number of alkyl halides is 3. The molecular weight excluding hydrogens is 397 g/mol. The molecule has 1 amide bonds. The molecule has 0 aliphatic rings. The van der Waals surface area contributed by atoms with Crippen molar-refractivity contribution in [3.8, 4) is 5.75 Å². The van der Waals surface area contributed by atoms with Gasteiger partial charge in [0.2, 0.25) is 5.91 Å². The molecule has 0 aliphatic heterocycles. The molecule has 0 saturated heterocycles. The third-order valence-electron chi connectivity index (χ3n) is 4.47. The highest BCUT2D eigenvalue weighted by Gasteiger charge is 2.33. The van der Waals surface area contributed by atoms with E-state index in [1.165, 1.54) is 19.1 Å². The number of amides is 1. The van der Waals surface area contributed by atoms with Gasteiger partial charge in [-0.3, -0.25) is 15.1 Å². The molecule has 2 aromatic carbocycles. The van der Waals surface area contributed by atoms with Crippen LogP contribution in [0.4, 0.5) is 13.2 Å². The molecule has 0 spiro atoms. The van der Waals surface area contributed by atoms with Crippen molar-refractivity contribution in [3.05, 3.63) is 65.2 Å². The molecule has 0 bridgehead atoms. The topological polar surface area (TPSA) is 79.6 Å². The monoisotopic (exact) mass is 424 g/mol. The van der Waals surface area contributed by atoms with Gasteiger partial charge in [0.1, 0.15) is 18.5 Å². The summed E-state index contributed by atoms with van der Waals surface area (Å²) in [7, 11) is 3.74. The fourth-order valence-electron chi connectivity index (χ4n) is 2.92. The highest BCUT2D eigenvalue weighted by atomic mass is 19.4. The normalized spacial score (nSPS) is 13.7. The number of rotatable bonds is 9. The van der Waals surface area contributed by atoms with Crippen LogP contribution in [0, 0.1) is 6.92 Å². The van der Waals surface area contributed by atoms with E-state index >= 15 is 0 Å². The first-order valence-electron chi connectivity index (χ1n) is 9.40. The average molecular weight is 424 g/mol. The lowest BCUT2D eigenvalue weighted by atomic mass is 10.1. The Morgan fingerprint density at radius 3 is 2.40 bits per heavy atom. The number of ether oxygens (including phenoxy) is 1. The second-order valence-corrected chi connectivity index (χ2v) is 7.17. The zero-order valence-electron chi connectivity index (χ0n) is 17.2. The Labute approximate surface area is 174 Å². The van der Waals surface area contributed by atoms with Crippen LogP contribution in [0.15, 0.2) is 48.5 Å². The number of benzene rings is 2. The molecule has 164 valence electrons.